The van der Waals surface area contributed by atoms with Crippen LogP contribution in [0.4, 0.5) is 5.95 Å². The smallest absolute Gasteiger partial charge is 0.225 e. The Hall–Kier alpha value is -2.34. The van der Waals surface area contributed by atoms with Gasteiger partial charge in [0.25, 0.3) is 0 Å². The predicted octanol–water partition coefficient (Wildman–Crippen LogP) is 5.27. The minimum Gasteiger partial charge on any atom is -0.338 e. The summed E-state index contributed by atoms with van der Waals surface area (Å²) in [6.07, 6.45) is 5.85. The van der Waals surface area contributed by atoms with E-state index in [9.17, 15) is 4.79 Å². The largest absolute Gasteiger partial charge is 0.338 e. The van der Waals surface area contributed by atoms with Gasteiger partial charge in [-0.1, -0.05) is 48.0 Å². The third kappa shape index (κ3) is 5.60. The average Bonchev–Trinajstić information content (AvgIpc) is 2.79. The molecule has 0 N–H and O–H groups in total. The van der Waals surface area contributed by atoms with Gasteiger partial charge in [-0.2, -0.15) is 0 Å². The van der Waals surface area contributed by atoms with Crippen molar-refractivity contribution in [2.24, 2.45) is 17.3 Å². The highest BCUT2D eigenvalue weighted by Gasteiger charge is 2.34. The first-order valence-electron chi connectivity index (χ1n) is 12.3. The molecule has 0 spiro atoms. The van der Waals surface area contributed by atoms with Crippen LogP contribution in [0, 0.1) is 24.2 Å². The Morgan fingerprint density at radius 1 is 1.15 bits per heavy atom. The number of aryl methyl sites for hydroxylation is 1. The van der Waals surface area contributed by atoms with Gasteiger partial charge in [0.05, 0.1) is 5.69 Å². The van der Waals surface area contributed by atoms with Crippen molar-refractivity contribution in [2.75, 3.05) is 31.6 Å². The van der Waals surface area contributed by atoms with Crippen molar-refractivity contribution in [2.45, 2.75) is 67.3 Å². The summed E-state index contributed by atoms with van der Waals surface area (Å²) in [5, 5.41) is 0. The van der Waals surface area contributed by atoms with Crippen molar-refractivity contribution in [1.82, 2.24) is 19.9 Å². The summed E-state index contributed by atoms with van der Waals surface area (Å²) in [6, 6.07) is 4.35. The van der Waals surface area contributed by atoms with Crippen molar-refractivity contribution in [3.8, 4) is 11.3 Å². The van der Waals surface area contributed by atoms with Gasteiger partial charge in [-0.25, -0.2) is 9.97 Å². The zero-order valence-corrected chi connectivity index (χ0v) is 21.7. The maximum atomic E-state index is 13.2. The lowest BCUT2D eigenvalue weighted by molar-refractivity contribution is 0.0752. The monoisotopic (exact) mass is 451 g/mol. The molecule has 2 atom stereocenters. The van der Waals surface area contributed by atoms with Gasteiger partial charge in [0.15, 0.2) is 5.78 Å². The molecular formula is C27H41N5O. The fourth-order valence-electron chi connectivity index (χ4n) is 4.59. The standard InChI is InChI=1S/C27H41N5O/c1-9-19(4)27(6,7)25(33)23-10-11-24(30-20(23)5)21-15-28-26(29-16-21)32-13-12-31(8)22(17-32)14-18(2)3/h10-11,15-16,18-19,22H,9,12-14,17H2,1-8H3. The number of pyridine rings is 1. The number of ketones is 1. The molecule has 1 saturated heterocycles. The zero-order chi connectivity index (χ0) is 24.3. The average molecular weight is 452 g/mol. The van der Waals surface area contributed by atoms with Crippen LogP contribution in [0.3, 0.4) is 0 Å². The Balaban J connectivity index is 1.76. The van der Waals surface area contributed by atoms with Crippen LogP contribution >= 0.6 is 0 Å². The summed E-state index contributed by atoms with van der Waals surface area (Å²) in [5.74, 6) is 1.91. The van der Waals surface area contributed by atoms with E-state index in [0.717, 1.165) is 49.0 Å². The summed E-state index contributed by atoms with van der Waals surface area (Å²) in [7, 11) is 2.21. The first-order chi connectivity index (χ1) is 15.5. The maximum absolute atomic E-state index is 13.2. The van der Waals surface area contributed by atoms with Gasteiger partial charge < -0.3 is 4.90 Å². The van der Waals surface area contributed by atoms with Crippen LogP contribution in [0.5, 0.6) is 0 Å². The lowest BCUT2D eigenvalue weighted by Gasteiger charge is -2.40. The van der Waals surface area contributed by atoms with Gasteiger partial charge in [0.1, 0.15) is 0 Å². The first kappa shape index (κ1) is 25.3. The molecule has 3 rings (SSSR count). The number of rotatable bonds is 8. The fourth-order valence-corrected chi connectivity index (χ4v) is 4.59. The SMILES string of the molecule is CCC(C)C(C)(C)C(=O)c1ccc(-c2cnc(N3CCN(C)C(CC(C)C)C3)nc2)nc1C. The van der Waals surface area contributed by atoms with Gasteiger partial charge in [-0.3, -0.25) is 14.7 Å². The molecule has 180 valence electrons. The molecule has 0 amide bonds. The highest BCUT2D eigenvalue weighted by atomic mass is 16.1. The van der Waals surface area contributed by atoms with Crippen LogP contribution < -0.4 is 4.90 Å². The van der Waals surface area contributed by atoms with E-state index in [0.29, 0.717) is 23.4 Å². The van der Waals surface area contributed by atoms with Gasteiger partial charge in [-0.15, -0.1) is 0 Å². The van der Waals surface area contributed by atoms with Crippen molar-refractivity contribution < 1.29 is 4.79 Å². The number of anilines is 1. The van der Waals surface area contributed by atoms with Crippen molar-refractivity contribution in [3.63, 3.8) is 0 Å². The quantitative estimate of drug-likeness (QED) is 0.510. The van der Waals surface area contributed by atoms with Crippen LogP contribution in [0.1, 0.15) is 70.4 Å². The van der Waals surface area contributed by atoms with E-state index in [-0.39, 0.29) is 5.78 Å². The minimum absolute atomic E-state index is 0.158. The number of nitrogens with zero attached hydrogens (tertiary/aromatic N) is 5. The minimum atomic E-state index is -0.413. The number of hydrogen-bond acceptors (Lipinski definition) is 6. The zero-order valence-electron chi connectivity index (χ0n) is 21.7. The second-order valence-corrected chi connectivity index (χ2v) is 10.7. The van der Waals surface area contributed by atoms with E-state index in [1.165, 1.54) is 6.42 Å². The molecule has 1 aliphatic rings. The van der Waals surface area contributed by atoms with Crippen molar-refractivity contribution in [1.29, 1.82) is 0 Å². The fraction of sp³-hybridized carbons (Fsp3) is 0.630. The Morgan fingerprint density at radius 2 is 1.82 bits per heavy atom. The van der Waals surface area contributed by atoms with Crippen LogP contribution in [0.2, 0.25) is 0 Å². The normalized spacial score (nSPS) is 18.6. The van der Waals surface area contributed by atoms with E-state index >= 15 is 0 Å². The van der Waals surface area contributed by atoms with E-state index < -0.39 is 5.41 Å². The van der Waals surface area contributed by atoms with Gasteiger partial charge in [0, 0.05) is 60.3 Å². The highest BCUT2D eigenvalue weighted by Crippen LogP contribution is 2.34. The molecule has 0 saturated carbocycles. The number of hydrogen-bond donors (Lipinski definition) is 0. The number of aromatic nitrogens is 3. The number of piperazine rings is 1. The molecule has 1 aliphatic heterocycles. The molecule has 2 aromatic rings. The number of likely N-dealkylation sites (N-methyl/N-ethyl adjacent to an activating group) is 1. The maximum Gasteiger partial charge on any atom is 0.225 e. The van der Waals surface area contributed by atoms with Crippen molar-refractivity contribution >= 4 is 11.7 Å². The Morgan fingerprint density at radius 3 is 2.39 bits per heavy atom. The highest BCUT2D eigenvalue weighted by molar-refractivity contribution is 6.01. The third-order valence-electron chi connectivity index (χ3n) is 7.50. The molecule has 2 unspecified atom stereocenters. The molecule has 3 heterocycles. The molecule has 0 aliphatic carbocycles. The molecule has 0 aromatic carbocycles. The van der Waals surface area contributed by atoms with Crippen molar-refractivity contribution in [3.05, 3.63) is 35.8 Å². The molecule has 2 aromatic heterocycles. The van der Waals surface area contributed by atoms with Gasteiger partial charge >= 0.3 is 0 Å². The second kappa shape index (κ2) is 10.3. The molecule has 1 fully saturated rings. The topological polar surface area (TPSA) is 62.2 Å². The lowest BCUT2D eigenvalue weighted by atomic mass is 9.73. The lowest BCUT2D eigenvalue weighted by Crippen LogP contribution is -2.52. The molecule has 33 heavy (non-hydrogen) atoms. The summed E-state index contributed by atoms with van der Waals surface area (Å²) >= 11 is 0. The molecule has 0 bridgehead atoms. The Bertz CT molecular complexity index is 953. The van der Waals surface area contributed by atoms with E-state index in [1.807, 2.05) is 45.3 Å². The summed E-state index contributed by atoms with van der Waals surface area (Å²) in [5.41, 5.74) is 2.72. The van der Waals surface area contributed by atoms with Gasteiger partial charge in [0.2, 0.25) is 5.95 Å². The number of carbonyl (C=O) groups excluding carboxylic acids is 1. The first-order valence-corrected chi connectivity index (χ1v) is 12.3. The summed E-state index contributed by atoms with van der Waals surface area (Å²) in [4.78, 5) is 32.0. The molecule has 6 heteroatoms. The molecule has 0 radical (unpaired) electrons. The van der Waals surface area contributed by atoms with E-state index in [4.69, 9.17) is 4.98 Å². The van der Waals surface area contributed by atoms with E-state index in [1.54, 1.807) is 0 Å². The second-order valence-electron chi connectivity index (χ2n) is 10.7. The number of carbonyl (C=O) groups is 1. The Labute approximate surface area is 199 Å². The number of Topliss-reactive ketones (excluding diaryl/α,β-unsaturated/α-hetero) is 1. The van der Waals surface area contributed by atoms with Crippen LogP contribution in [-0.2, 0) is 0 Å². The van der Waals surface area contributed by atoms with E-state index in [2.05, 4.69) is 54.5 Å². The van der Waals surface area contributed by atoms with Crippen LogP contribution in [-0.4, -0.2) is 58.4 Å². The van der Waals surface area contributed by atoms with Crippen LogP contribution in [0.25, 0.3) is 11.3 Å². The predicted molar refractivity (Wildman–Crippen MR) is 136 cm³/mol. The Kier molecular flexibility index (Phi) is 7.88. The molecule has 6 nitrogen and oxygen atoms in total. The van der Waals surface area contributed by atoms with Crippen LogP contribution in [0.15, 0.2) is 24.5 Å². The summed E-state index contributed by atoms with van der Waals surface area (Å²) in [6.45, 7) is 17.7. The molecular weight excluding hydrogens is 410 g/mol. The third-order valence-corrected chi connectivity index (χ3v) is 7.50. The summed E-state index contributed by atoms with van der Waals surface area (Å²) < 4.78 is 0. The van der Waals surface area contributed by atoms with Gasteiger partial charge in [-0.05, 0) is 44.4 Å².